The molecule has 0 radical (unpaired) electrons. The molecule has 0 fully saturated rings. The zero-order valence-corrected chi connectivity index (χ0v) is 13.3. The minimum atomic E-state index is 0.659. The first-order chi connectivity index (χ1) is 9.21. The first kappa shape index (κ1) is 14.3. The molecule has 19 heavy (non-hydrogen) atoms. The van der Waals surface area contributed by atoms with Gasteiger partial charge in [-0.2, -0.15) is 0 Å². The lowest BCUT2D eigenvalue weighted by Crippen LogP contribution is -2.06. The van der Waals surface area contributed by atoms with Gasteiger partial charge in [0, 0.05) is 21.9 Å². The lowest BCUT2D eigenvalue weighted by atomic mass is 10.2. The highest BCUT2D eigenvalue weighted by atomic mass is 127. The van der Waals surface area contributed by atoms with Crippen LogP contribution in [0, 0.1) is 3.57 Å². The van der Waals surface area contributed by atoms with Crippen LogP contribution in [0.15, 0.2) is 36.4 Å². The van der Waals surface area contributed by atoms with E-state index in [0.29, 0.717) is 5.88 Å². The molecule has 100 valence electrons. The number of hydrogen-bond donors (Lipinski definition) is 1. The largest absolute Gasteiger partial charge is 0.439 e. The summed E-state index contributed by atoms with van der Waals surface area (Å²) in [7, 11) is 1.94. The number of nitrogens with zero attached hydrogens (tertiary/aromatic N) is 1. The number of ether oxygens (including phenoxy) is 1. The molecule has 0 aliphatic carbocycles. The van der Waals surface area contributed by atoms with E-state index in [-0.39, 0.29) is 0 Å². The van der Waals surface area contributed by atoms with Gasteiger partial charge >= 0.3 is 0 Å². The van der Waals surface area contributed by atoms with Gasteiger partial charge in [0.05, 0.1) is 0 Å². The maximum Gasteiger partial charge on any atom is 0.219 e. The van der Waals surface area contributed by atoms with Gasteiger partial charge in [0.2, 0.25) is 5.88 Å². The van der Waals surface area contributed by atoms with Gasteiger partial charge in [0.25, 0.3) is 0 Å². The monoisotopic (exact) mass is 368 g/mol. The molecule has 0 saturated carbocycles. The van der Waals surface area contributed by atoms with E-state index in [1.54, 1.807) is 0 Å². The smallest absolute Gasteiger partial charge is 0.219 e. The van der Waals surface area contributed by atoms with Crippen LogP contribution in [0.4, 0.5) is 0 Å². The third kappa shape index (κ3) is 4.18. The Bertz CT molecular complexity index is 558. The van der Waals surface area contributed by atoms with Crippen LogP contribution in [-0.2, 0) is 13.0 Å². The summed E-state index contributed by atoms with van der Waals surface area (Å²) >= 11 is 2.27. The average Bonchev–Trinajstić information content (AvgIpc) is 2.39. The quantitative estimate of drug-likeness (QED) is 0.817. The van der Waals surface area contributed by atoms with Crippen LogP contribution in [0.25, 0.3) is 0 Å². The van der Waals surface area contributed by atoms with Crippen LogP contribution in [0.1, 0.15) is 18.2 Å². The second-order valence-electron chi connectivity index (χ2n) is 4.25. The van der Waals surface area contributed by atoms with Gasteiger partial charge in [0.1, 0.15) is 5.75 Å². The second kappa shape index (κ2) is 6.86. The van der Waals surface area contributed by atoms with E-state index in [1.165, 1.54) is 5.56 Å². The summed E-state index contributed by atoms with van der Waals surface area (Å²) in [6.45, 7) is 2.92. The first-order valence-electron chi connectivity index (χ1n) is 6.29. The van der Waals surface area contributed by atoms with Crippen molar-refractivity contribution < 1.29 is 4.74 Å². The number of benzene rings is 1. The zero-order valence-electron chi connectivity index (χ0n) is 11.1. The van der Waals surface area contributed by atoms with Gasteiger partial charge in [-0.1, -0.05) is 13.0 Å². The Morgan fingerprint density at radius 2 is 2.11 bits per heavy atom. The standard InChI is InChI=1S/C15H17IN2O/c1-3-13-7-11(10-17-2)8-15(18-13)19-14-6-4-5-12(16)9-14/h4-9,17H,3,10H2,1-2H3. The summed E-state index contributed by atoms with van der Waals surface area (Å²) in [5.41, 5.74) is 2.24. The number of rotatable bonds is 5. The van der Waals surface area contributed by atoms with Crippen LogP contribution in [-0.4, -0.2) is 12.0 Å². The van der Waals surface area contributed by atoms with Gasteiger partial charge < -0.3 is 10.1 Å². The molecule has 1 N–H and O–H groups in total. The predicted octanol–water partition coefficient (Wildman–Crippen LogP) is 3.76. The number of aryl methyl sites for hydroxylation is 1. The molecule has 2 aromatic rings. The highest BCUT2D eigenvalue weighted by molar-refractivity contribution is 14.1. The Kier molecular flexibility index (Phi) is 5.15. The summed E-state index contributed by atoms with van der Waals surface area (Å²) in [5.74, 6) is 1.48. The van der Waals surface area contributed by atoms with Gasteiger partial charge in [0.15, 0.2) is 0 Å². The van der Waals surface area contributed by atoms with Gasteiger partial charge in [-0.15, -0.1) is 0 Å². The summed E-state index contributed by atoms with van der Waals surface area (Å²) < 4.78 is 7.00. The topological polar surface area (TPSA) is 34.1 Å². The Morgan fingerprint density at radius 3 is 2.79 bits per heavy atom. The molecule has 2 rings (SSSR count). The molecule has 0 saturated heterocycles. The van der Waals surface area contributed by atoms with E-state index in [0.717, 1.165) is 28.0 Å². The molecule has 1 heterocycles. The molecular formula is C15H17IN2O. The lowest BCUT2D eigenvalue weighted by Gasteiger charge is -2.09. The van der Waals surface area contributed by atoms with Crippen LogP contribution in [0.5, 0.6) is 11.6 Å². The third-order valence-electron chi connectivity index (χ3n) is 2.68. The van der Waals surface area contributed by atoms with E-state index in [1.807, 2.05) is 37.4 Å². The van der Waals surface area contributed by atoms with Crippen LogP contribution in [0.3, 0.4) is 0 Å². The molecule has 0 aliphatic rings. The number of pyridine rings is 1. The molecule has 1 aromatic heterocycles. The minimum Gasteiger partial charge on any atom is -0.439 e. The molecule has 0 spiro atoms. The Balaban J connectivity index is 2.26. The zero-order chi connectivity index (χ0) is 13.7. The van der Waals surface area contributed by atoms with Crippen LogP contribution in [0.2, 0.25) is 0 Å². The maximum atomic E-state index is 5.84. The van der Waals surface area contributed by atoms with Crippen molar-refractivity contribution in [1.82, 2.24) is 10.3 Å². The average molecular weight is 368 g/mol. The summed E-state index contributed by atoms with van der Waals surface area (Å²) in [4.78, 5) is 4.51. The minimum absolute atomic E-state index is 0.659. The molecular weight excluding hydrogens is 351 g/mol. The fourth-order valence-corrected chi connectivity index (χ4v) is 2.33. The van der Waals surface area contributed by atoms with Crippen molar-refractivity contribution in [3.63, 3.8) is 0 Å². The summed E-state index contributed by atoms with van der Waals surface area (Å²) in [6.07, 6.45) is 0.903. The first-order valence-corrected chi connectivity index (χ1v) is 7.37. The molecule has 4 heteroatoms. The molecule has 0 unspecified atom stereocenters. The molecule has 0 bridgehead atoms. The Hall–Kier alpha value is -1.14. The summed E-state index contributed by atoms with van der Waals surface area (Å²) in [5, 5.41) is 3.15. The fourth-order valence-electron chi connectivity index (χ4n) is 1.81. The van der Waals surface area contributed by atoms with Crippen molar-refractivity contribution in [1.29, 1.82) is 0 Å². The van der Waals surface area contributed by atoms with Gasteiger partial charge in [-0.25, -0.2) is 4.98 Å². The second-order valence-corrected chi connectivity index (χ2v) is 5.49. The predicted molar refractivity (Wildman–Crippen MR) is 85.6 cm³/mol. The maximum absolute atomic E-state index is 5.84. The number of nitrogens with one attached hydrogen (secondary N) is 1. The number of aromatic nitrogens is 1. The van der Waals surface area contributed by atoms with Crippen molar-refractivity contribution in [3.8, 4) is 11.6 Å². The highest BCUT2D eigenvalue weighted by Crippen LogP contribution is 2.23. The molecule has 3 nitrogen and oxygen atoms in total. The van der Waals surface area contributed by atoms with Crippen molar-refractivity contribution in [2.45, 2.75) is 19.9 Å². The van der Waals surface area contributed by atoms with E-state index in [9.17, 15) is 0 Å². The Labute approximate surface area is 127 Å². The highest BCUT2D eigenvalue weighted by Gasteiger charge is 2.04. The normalized spacial score (nSPS) is 10.5. The fraction of sp³-hybridized carbons (Fsp3) is 0.267. The van der Waals surface area contributed by atoms with E-state index < -0.39 is 0 Å². The lowest BCUT2D eigenvalue weighted by molar-refractivity contribution is 0.459. The number of halogens is 1. The SMILES string of the molecule is CCc1cc(CNC)cc(Oc2cccc(I)c2)n1. The van der Waals surface area contributed by atoms with Crippen molar-refractivity contribution in [3.05, 3.63) is 51.2 Å². The number of hydrogen-bond acceptors (Lipinski definition) is 3. The molecule has 0 aliphatic heterocycles. The van der Waals surface area contributed by atoms with E-state index >= 15 is 0 Å². The summed E-state index contributed by atoms with van der Waals surface area (Å²) in [6, 6.07) is 12.1. The molecule has 1 aromatic carbocycles. The van der Waals surface area contributed by atoms with Crippen molar-refractivity contribution in [2.75, 3.05) is 7.05 Å². The van der Waals surface area contributed by atoms with Crippen LogP contribution < -0.4 is 10.1 Å². The van der Waals surface area contributed by atoms with E-state index in [2.05, 4.69) is 45.9 Å². The Morgan fingerprint density at radius 1 is 1.26 bits per heavy atom. The van der Waals surface area contributed by atoms with Gasteiger partial charge in [-0.05, 0) is 65.9 Å². The van der Waals surface area contributed by atoms with Crippen molar-refractivity contribution in [2.24, 2.45) is 0 Å². The van der Waals surface area contributed by atoms with Crippen molar-refractivity contribution >= 4 is 22.6 Å². The molecule has 0 amide bonds. The van der Waals surface area contributed by atoms with Gasteiger partial charge in [-0.3, -0.25) is 0 Å². The third-order valence-corrected chi connectivity index (χ3v) is 3.35. The van der Waals surface area contributed by atoms with E-state index in [4.69, 9.17) is 4.74 Å². The molecule has 0 atom stereocenters. The van der Waals surface area contributed by atoms with Crippen LogP contribution >= 0.6 is 22.6 Å².